The van der Waals surface area contributed by atoms with Gasteiger partial charge in [0.25, 0.3) is 0 Å². The number of hydrogen-bond acceptors (Lipinski definition) is 6. The zero-order valence-corrected chi connectivity index (χ0v) is 16.6. The molecule has 0 fully saturated rings. The highest BCUT2D eigenvalue weighted by Gasteiger charge is 2.20. The first-order chi connectivity index (χ1) is 15.2. The van der Waals surface area contributed by atoms with E-state index in [4.69, 9.17) is 4.74 Å². The van der Waals surface area contributed by atoms with E-state index in [9.17, 15) is 9.18 Å². The third-order valence-electron chi connectivity index (χ3n) is 4.44. The van der Waals surface area contributed by atoms with E-state index in [2.05, 4.69) is 20.7 Å². The van der Waals surface area contributed by atoms with Gasteiger partial charge in [0.15, 0.2) is 5.71 Å². The van der Waals surface area contributed by atoms with E-state index in [1.165, 1.54) is 19.2 Å². The molecule has 4 aromatic rings. The summed E-state index contributed by atoms with van der Waals surface area (Å²) in [4.78, 5) is 12.7. The summed E-state index contributed by atoms with van der Waals surface area (Å²) >= 11 is 0. The fraction of sp³-hybridized carbons (Fsp3) is 0.0909. The Morgan fingerprint density at radius 3 is 2.61 bits per heavy atom. The molecule has 0 aliphatic heterocycles. The number of hydrazone groups is 1. The van der Waals surface area contributed by atoms with Gasteiger partial charge >= 0.3 is 0 Å². The van der Waals surface area contributed by atoms with Crippen LogP contribution in [0, 0.1) is 5.82 Å². The SMILES string of the molecule is COCC(=O)/C(=N/Nc1ccc(-n2cccn2)cc1F)c1ccnn1-c1ccccc1. The summed E-state index contributed by atoms with van der Waals surface area (Å²) in [7, 11) is 1.42. The predicted molar refractivity (Wildman–Crippen MR) is 114 cm³/mol. The number of nitrogens with zero attached hydrogens (tertiary/aromatic N) is 5. The summed E-state index contributed by atoms with van der Waals surface area (Å²) in [5, 5.41) is 12.6. The molecule has 0 unspecified atom stereocenters. The molecule has 0 radical (unpaired) electrons. The summed E-state index contributed by atoms with van der Waals surface area (Å²) in [5.41, 5.74) is 4.62. The van der Waals surface area contributed by atoms with Crippen LogP contribution in [0.2, 0.25) is 0 Å². The third-order valence-corrected chi connectivity index (χ3v) is 4.44. The van der Waals surface area contributed by atoms with E-state index in [1.807, 2.05) is 30.3 Å². The van der Waals surface area contributed by atoms with Crippen LogP contribution in [-0.4, -0.2) is 44.8 Å². The summed E-state index contributed by atoms with van der Waals surface area (Å²) < 4.78 is 22.7. The predicted octanol–water partition coefficient (Wildman–Crippen LogP) is 3.23. The molecule has 0 bridgehead atoms. The van der Waals surface area contributed by atoms with Gasteiger partial charge in [0, 0.05) is 25.6 Å². The second-order valence-corrected chi connectivity index (χ2v) is 6.51. The van der Waals surface area contributed by atoms with Gasteiger partial charge in [-0.3, -0.25) is 10.2 Å². The van der Waals surface area contributed by atoms with Crippen LogP contribution in [0.3, 0.4) is 0 Å². The zero-order chi connectivity index (χ0) is 21.6. The van der Waals surface area contributed by atoms with Crippen molar-refractivity contribution in [2.24, 2.45) is 5.10 Å². The Balaban J connectivity index is 1.67. The van der Waals surface area contributed by atoms with Gasteiger partial charge in [0.1, 0.15) is 12.4 Å². The molecule has 0 aliphatic carbocycles. The molecule has 0 aliphatic rings. The third kappa shape index (κ3) is 4.41. The van der Waals surface area contributed by atoms with Crippen LogP contribution >= 0.6 is 0 Å². The molecule has 156 valence electrons. The number of Topliss-reactive ketones (excluding diaryl/α,β-unsaturated/α-hetero) is 1. The maximum absolute atomic E-state index is 14.6. The van der Waals surface area contributed by atoms with Gasteiger partial charge in [0.05, 0.1) is 29.0 Å². The number of halogens is 1. The standard InChI is InChI=1S/C22H19FN6O2/c1-31-15-21(30)22(20-10-12-25-29(20)16-6-3-2-4-7-16)27-26-19-9-8-17(14-18(19)23)28-13-5-11-24-28/h2-14,26H,15H2,1H3/b27-22+. The molecule has 0 amide bonds. The number of carbonyl (C=O) groups excluding carboxylic acids is 1. The maximum Gasteiger partial charge on any atom is 0.210 e. The Morgan fingerprint density at radius 2 is 1.90 bits per heavy atom. The van der Waals surface area contributed by atoms with Gasteiger partial charge in [-0.1, -0.05) is 18.2 Å². The van der Waals surface area contributed by atoms with Gasteiger partial charge < -0.3 is 4.74 Å². The summed E-state index contributed by atoms with van der Waals surface area (Å²) in [6, 6.07) is 17.3. The van der Waals surface area contributed by atoms with Gasteiger partial charge in [-0.15, -0.1) is 0 Å². The van der Waals surface area contributed by atoms with E-state index in [0.717, 1.165) is 5.69 Å². The molecule has 2 aromatic carbocycles. The molecular weight excluding hydrogens is 399 g/mol. The van der Waals surface area contributed by atoms with Crippen LogP contribution < -0.4 is 5.43 Å². The zero-order valence-electron chi connectivity index (χ0n) is 16.6. The minimum Gasteiger partial charge on any atom is -0.376 e. The van der Waals surface area contributed by atoms with Crippen molar-refractivity contribution in [3.05, 3.63) is 90.8 Å². The molecule has 4 rings (SSSR count). The number of para-hydroxylation sites is 1. The van der Waals surface area contributed by atoms with Gasteiger partial charge in [-0.2, -0.15) is 15.3 Å². The minimum atomic E-state index is -0.535. The van der Waals surface area contributed by atoms with Crippen LogP contribution in [0.1, 0.15) is 5.69 Å². The lowest BCUT2D eigenvalue weighted by atomic mass is 10.2. The van der Waals surface area contributed by atoms with Crippen LogP contribution in [0.4, 0.5) is 10.1 Å². The number of hydrogen-bond donors (Lipinski definition) is 1. The van der Waals surface area contributed by atoms with Gasteiger partial charge in [-0.05, 0) is 36.4 Å². The number of ether oxygens (including phenoxy) is 1. The highest BCUT2D eigenvalue weighted by Crippen LogP contribution is 2.19. The highest BCUT2D eigenvalue weighted by molar-refractivity contribution is 6.46. The van der Waals surface area contributed by atoms with Crippen molar-refractivity contribution in [2.45, 2.75) is 0 Å². The van der Waals surface area contributed by atoms with Crippen molar-refractivity contribution in [1.29, 1.82) is 0 Å². The Labute approximate surface area is 177 Å². The number of ketones is 1. The van der Waals surface area contributed by atoms with Gasteiger partial charge in [-0.25, -0.2) is 13.8 Å². The number of methoxy groups -OCH3 is 1. The number of benzene rings is 2. The van der Waals surface area contributed by atoms with Crippen LogP contribution in [0.25, 0.3) is 11.4 Å². The molecule has 0 atom stereocenters. The lowest BCUT2D eigenvalue weighted by Crippen LogP contribution is -2.24. The molecule has 8 nitrogen and oxygen atoms in total. The summed E-state index contributed by atoms with van der Waals surface area (Å²) in [5.74, 6) is -0.909. The van der Waals surface area contributed by atoms with Crippen molar-refractivity contribution < 1.29 is 13.9 Å². The van der Waals surface area contributed by atoms with Crippen LogP contribution in [0.15, 0.2) is 84.4 Å². The fourth-order valence-electron chi connectivity index (χ4n) is 2.99. The Hall–Kier alpha value is -4.11. The number of carbonyl (C=O) groups is 1. The molecule has 2 heterocycles. The highest BCUT2D eigenvalue weighted by atomic mass is 19.1. The van der Waals surface area contributed by atoms with Crippen molar-refractivity contribution in [3.8, 4) is 11.4 Å². The molecule has 0 spiro atoms. The molecular formula is C22H19FN6O2. The first kappa shape index (κ1) is 20.2. The monoisotopic (exact) mass is 418 g/mol. The Bertz CT molecular complexity index is 1200. The van der Waals surface area contributed by atoms with Crippen molar-refractivity contribution in [1.82, 2.24) is 19.6 Å². The average Bonchev–Trinajstić information content (AvgIpc) is 3.48. The van der Waals surface area contributed by atoms with Crippen LogP contribution in [0.5, 0.6) is 0 Å². The number of rotatable bonds is 8. The Kier molecular flexibility index (Phi) is 5.95. The van der Waals surface area contributed by atoms with Crippen molar-refractivity contribution >= 4 is 17.2 Å². The summed E-state index contributed by atoms with van der Waals surface area (Å²) in [6.07, 6.45) is 4.89. The summed E-state index contributed by atoms with van der Waals surface area (Å²) in [6.45, 7) is -0.179. The average molecular weight is 418 g/mol. The number of aromatic nitrogens is 4. The quantitative estimate of drug-likeness (QED) is 0.351. The fourth-order valence-corrected chi connectivity index (χ4v) is 2.99. The van der Waals surface area contributed by atoms with E-state index in [0.29, 0.717) is 11.4 Å². The first-order valence-electron chi connectivity index (χ1n) is 9.42. The largest absolute Gasteiger partial charge is 0.376 e. The minimum absolute atomic E-state index is 0.0683. The van der Waals surface area contributed by atoms with Gasteiger partial charge in [0.2, 0.25) is 5.78 Å². The smallest absolute Gasteiger partial charge is 0.210 e. The molecule has 31 heavy (non-hydrogen) atoms. The molecule has 2 aromatic heterocycles. The van der Waals surface area contributed by atoms with Crippen molar-refractivity contribution in [2.75, 3.05) is 19.1 Å². The first-order valence-corrected chi connectivity index (χ1v) is 9.42. The van der Waals surface area contributed by atoms with Crippen molar-refractivity contribution in [3.63, 3.8) is 0 Å². The second-order valence-electron chi connectivity index (χ2n) is 6.51. The topological polar surface area (TPSA) is 86.3 Å². The van der Waals surface area contributed by atoms with E-state index >= 15 is 0 Å². The number of anilines is 1. The molecule has 0 saturated carbocycles. The lowest BCUT2D eigenvalue weighted by molar-refractivity contribution is -0.116. The number of nitrogens with one attached hydrogen (secondary N) is 1. The lowest BCUT2D eigenvalue weighted by Gasteiger charge is -2.11. The normalized spacial score (nSPS) is 11.5. The van der Waals surface area contributed by atoms with Crippen LogP contribution in [-0.2, 0) is 9.53 Å². The Morgan fingerprint density at radius 1 is 1.06 bits per heavy atom. The van der Waals surface area contributed by atoms with E-state index < -0.39 is 5.82 Å². The molecule has 1 N–H and O–H groups in total. The molecule has 9 heteroatoms. The van der Waals surface area contributed by atoms with E-state index in [1.54, 1.807) is 46.2 Å². The second kappa shape index (κ2) is 9.14. The molecule has 0 saturated heterocycles. The maximum atomic E-state index is 14.6. The van der Waals surface area contributed by atoms with E-state index in [-0.39, 0.29) is 23.8 Å².